The summed E-state index contributed by atoms with van der Waals surface area (Å²) < 4.78 is 1.71. The SMILES string of the molecule is CCCN(C)C(CNc1ccnc2ncnn12)c1ccc(Cl)cc1. The fraction of sp³-hybridized carbons (Fsp3) is 0.353. The van der Waals surface area contributed by atoms with Crippen LogP contribution in [-0.2, 0) is 0 Å². The standard InChI is InChI=1S/C17H21ClN6/c1-3-10-23(2)15(13-4-6-14(18)7-5-13)11-20-16-8-9-19-17-21-12-22-24(16)17/h4-9,12,15,20H,3,10-11H2,1-2H3. The Balaban J connectivity index is 1.81. The van der Waals surface area contributed by atoms with Crippen molar-refractivity contribution in [2.24, 2.45) is 0 Å². The monoisotopic (exact) mass is 344 g/mol. The molecular formula is C17H21ClN6. The molecular weight excluding hydrogens is 324 g/mol. The van der Waals surface area contributed by atoms with E-state index in [2.05, 4.69) is 51.4 Å². The first-order chi connectivity index (χ1) is 11.7. The van der Waals surface area contributed by atoms with Gasteiger partial charge in [-0.3, -0.25) is 4.90 Å². The Kier molecular flexibility index (Phi) is 5.27. The van der Waals surface area contributed by atoms with E-state index in [1.807, 2.05) is 18.2 Å². The van der Waals surface area contributed by atoms with Crippen LogP contribution in [-0.4, -0.2) is 44.6 Å². The lowest BCUT2D eigenvalue weighted by Gasteiger charge is -2.29. The third-order valence-corrected chi connectivity index (χ3v) is 4.27. The van der Waals surface area contributed by atoms with Gasteiger partial charge in [-0.1, -0.05) is 30.7 Å². The molecule has 0 amide bonds. The van der Waals surface area contributed by atoms with Crippen LogP contribution >= 0.6 is 11.6 Å². The molecule has 0 aliphatic carbocycles. The van der Waals surface area contributed by atoms with Crippen molar-refractivity contribution in [3.8, 4) is 0 Å². The van der Waals surface area contributed by atoms with Crippen LogP contribution in [0.4, 0.5) is 5.82 Å². The number of benzene rings is 1. The summed E-state index contributed by atoms with van der Waals surface area (Å²) in [4.78, 5) is 10.6. The first-order valence-electron chi connectivity index (χ1n) is 8.03. The van der Waals surface area contributed by atoms with Crippen molar-refractivity contribution in [2.45, 2.75) is 19.4 Å². The van der Waals surface area contributed by atoms with Crippen molar-refractivity contribution >= 4 is 23.2 Å². The van der Waals surface area contributed by atoms with Crippen molar-refractivity contribution in [3.63, 3.8) is 0 Å². The number of fused-ring (bicyclic) bond motifs is 1. The fourth-order valence-electron chi connectivity index (χ4n) is 2.80. The topological polar surface area (TPSA) is 58.3 Å². The molecule has 2 heterocycles. The molecule has 6 nitrogen and oxygen atoms in total. The Labute approximate surface area is 146 Å². The summed E-state index contributed by atoms with van der Waals surface area (Å²) in [6, 6.07) is 10.2. The Morgan fingerprint density at radius 1 is 1.21 bits per heavy atom. The molecule has 0 spiro atoms. The molecule has 2 aromatic heterocycles. The molecule has 0 saturated heterocycles. The summed E-state index contributed by atoms with van der Waals surface area (Å²) >= 11 is 6.03. The second-order valence-corrected chi connectivity index (χ2v) is 6.17. The zero-order valence-electron chi connectivity index (χ0n) is 13.9. The van der Waals surface area contributed by atoms with Crippen LogP contribution in [0.25, 0.3) is 5.78 Å². The first-order valence-corrected chi connectivity index (χ1v) is 8.41. The third kappa shape index (κ3) is 3.66. The molecule has 0 saturated carbocycles. The lowest BCUT2D eigenvalue weighted by molar-refractivity contribution is 0.255. The van der Waals surface area contributed by atoms with Crippen LogP contribution in [0.5, 0.6) is 0 Å². The van der Waals surface area contributed by atoms with Crippen LogP contribution in [0.1, 0.15) is 24.9 Å². The molecule has 1 unspecified atom stereocenters. The molecule has 0 aliphatic heterocycles. The molecule has 1 aromatic carbocycles. The van der Waals surface area contributed by atoms with Gasteiger partial charge in [0.05, 0.1) is 6.04 Å². The number of hydrogen-bond donors (Lipinski definition) is 1. The first kappa shape index (κ1) is 16.7. The summed E-state index contributed by atoms with van der Waals surface area (Å²) in [5, 5.41) is 8.44. The van der Waals surface area contributed by atoms with Gasteiger partial charge in [-0.15, -0.1) is 0 Å². The molecule has 1 N–H and O–H groups in total. The van der Waals surface area contributed by atoms with E-state index in [-0.39, 0.29) is 6.04 Å². The Bertz CT molecular complexity index is 785. The number of anilines is 1. The van der Waals surface area contributed by atoms with E-state index in [1.54, 1.807) is 10.7 Å². The quantitative estimate of drug-likeness (QED) is 0.712. The number of rotatable bonds is 7. The van der Waals surface area contributed by atoms with Gasteiger partial charge in [-0.05, 0) is 43.8 Å². The molecule has 3 aromatic rings. The van der Waals surface area contributed by atoms with Crippen molar-refractivity contribution in [3.05, 3.63) is 53.4 Å². The number of halogens is 1. The van der Waals surface area contributed by atoms with Gasteiger partial charge in [0.1, 0.15) is 12.1 Å². The predicted molar refractivity (Wildman–Crippen MR) is 96.4 cm³/mol. The molecule has 3 rings (SSSR count). The van der Waals surface area contributed by atoms with E-state index >= 15 is 0 Å². The van der Waals surface area contributed by atoms with E-state index in [1.165, 1.54) is 11.9 Å². The Hall–Kier alpha value is -2.18. The van der Waals surface area contributed by atoms with Crippen LogP contribution in [0.3, 0.4) is 0 Å². The zero-order valence-corrected chi connectivity index (χ0v) is 14.6. The number of nitrogens with zero attached hydrogens (tertiary/aromatic N) is 5. The smallest absolute Gasteiger partial charge is 0.254 e. The number of aromatic nitrogens is 4. The highest BCUT2D eigenvalue weighted by Crippen LogP contribution is 2.22. The minimum absolute atomic E-state index is 0.231. The molecule has 0 radical (unpaired) electrons. The van der Waals surface area contributed by atoms with Crippen LogP contribution < -0.4 is 5.32 Å². The molecule has 24 heavy (non-hydrogen) atoms. The molecule has 7 heteroatoms. The average Bonchev–Trinajstić information content (AvgIpc) is 3.06. The summed E-state index contributed by atoms with van der Waals surface area (Å²) in [5.41, 5.74) is 1.23. The van der Waals surface area contributed by atoms with Gasteiger partial charge >= 0.3 is 0 Å². The highest BCUT2D eigenvalue weighted by atomic mass is 35.5. The van der Waals surface area contributed by atoms with Gasteiger partial charge in [-0.2, -0.15) is 14.6 Å². The maximum Gasteiger partial charge on any atom is 0.254 e. The van der Waals surface area contributed by atoms with Gasteiger partial charge in [0.25, 0.3) is 5.78 Å². The summed E-state index contributed by atoms with van der Waals surface area (Å²) in [6.07, 6.45) is 4.34. The van der Waals surface area contributed by atoms with Gasteiger partial charge in [0.15, 0.2) is 0 Å². The molecule has 0 aliphatic rings. The zero-order chi connectivity index (χ0) is 16.9. The van der Waals surface area contributed by atoms with Crippen molar-refractivity contribution in [1.29, 1.82) is 0 Å². The highest BCUT2D eigenvalue weighted by molar-refractivity contribution is 6.30. The predicted octanol–water partition coefficient (Wildman–Crippen LogP) is 3.27. The molecule has 0 fully saturated rings. The van der Waals surface area contributed by atoms with Crippen molar-refractivity contribution in [1.82, 2.24) is 24.5 Å². The summed E-state index contributed by atoms with van der Waals surface area (Å²) in [5.74, 6) is 1.46. The third-order valence-electron chi connectivity index (χ3n) is 4.02. The maximum absolute atomic E-state index is 6.03. The van der Waals surface area contributed by atoms with Crippen LogP contribution in [0.2, 0.25) is 5.02 Å². The second kappa shape index (κ2) is 7.59. The van der Waals surface area contributed by atoms with E-state index in [0.29, 0.717) is 5.78 Å². The lowest BCUT2D eigenvalue weighted by atomic mass is 10.1. The lowest BCUT2D eigenvalue weighted by Crippen LogP contribution is -2.31. The van der Waals surface area contributed by atoms with Gasteiger partial charge in [-0.25, -0.2) is 4.98 Å². The summed E-state index contributed by atoms with van der Waals surface area (Å²) in [6.45, 7) is 3.95. The normalized spacial score (nSPS) is 12.7. The highest BCUT2D eigenvalue weighted by Gasteiger charge is 2.17. The average molecular weight is 345 g/mol. The van der Waals surface area contributed by atoms with Gasteiger partial charge in [0, 0.05) is 17.8 Å². The minimum Gasteiger partial charge on any atom is -0.368 e. The fourth-order valence-corrected chi connectivity index (χ4v) is 2.92. The number of nitrogens with one attached hydrogen (secondary N) is 1. The largest absolute Gasteiger partial charge is 0.368 e. The minimum atomic E-state index is 0.231. The van der Waals surface area contributed by atoms with Gasteiger partial charge < -0.3 is 5.32 Å². The van der Waals surface area contributed by atoms with Crippen molar-refractivity contribution in [2.75, 3.05) is 25.5 Å². The molecule has 126 valence electrons. The molecule has 1 atom stereocenters. The summed E-state index contributed by atoms with van der Waals surface area (Å²) in [7, 11) is 2.14. The number of likely N-dealkylation sites (N-methyl/N-ethyl adjacent to an activating group) is 1. The maximum atomic E-state index is 6.03. The number of hydrogen-bond acceptors (Lipinski definition) is 5. The van der Waals surface area contributed by atoms with E-state index < -0.39 is 0 Å². The van der Waals surface area contributed by atoms with E-state index in [9.17, 15) is 0 Å². The van der Waals surface area contributed by atoms with E-state index in [0.717, 1.165) is 30.4 Å². The Morgan fingerprint density at radius 3 is 2.75 bits per heavy atom. The molecule has 0 bridgehead atoms. The van der Waals surface area contributed by atoms with E-state index in [4.69, 9.17) is 11.6 Å². The van der Waals surface area contributed by atoms with Crippen molar-refractivity contribution < 1.29 is 0 Å². The van der Waals surface area contributed by atoms with Gasteiger partial charge in [0.2, 0.25) is 0 Å². The Morgan fingerprint density at radius 2 is 2.00 bits per heavy atom. The second-order valence-electron chi connectivity index (χ2n) is 5.73. The van der Waals surface area contributed by atoms with Crippen LogP contribution in [0.15, 0.2) is 42.9 Å². The van der Waals surface area contributed by atoms with Crippen LogP contribution in [0, 0.1) is 0 Å².